The van der Waals surface area contributed by atoms with Crippen molar-refractivity contribution in [1.29, 1.82) is 0 Å². The molecule has 0 bridgehead atoms. The first-order valence-electron chi connectivity index (χ1n) is 3.33. The second kappa shape index (κ2) is 3.08. The monoisotopic (exact) mass is 307 g/mol. The molecular formula is C8H6INS2. The van der Waals surface area contributed by atoms with Gasteiger partial charge in [-0.15, -0.1) is 24.0 Å². The van der Waals surface area contributed by atoms with Crippen molar-refractivity contribution in [3.05, 3.63) is 21.1 Å². The van der Waals surface area contributed by atoms with Gasteiger partial charge in [0.05, 0.1) is 0 Å². The summed E-state index contributed by atoms with van der Waals surface area (Å²) in [6.07, 6.45) is 0. The Morgan fingerprint density at radius 1 is 1.42 bits per heavy atom. The summed E-state index contributed by atoms with van der Waals surface area (Å²) in [4.78, 5) is 1.01. The molecule has 2 aromatic rings. The maximum absolute atomic E-state index is 5.72. The molecule has 0 atom stereocenters. The van der Waals surface area contributed by atoms with Crippen LogP contribution in [0.15, 0.2) is 22.4 Å². The van der Waals surface area contributed by atoms with E-state index >= 15 is 0 Å². The minimum Gasteiger partial charge on any atom is -0.399 e. The Balaban J connectivity index is 2.92. The van der Waals surface area contributed by atoms with Gasteiger partial charge in [0.15, 0.2) is 0 Å². The first kappa shape index (κ1) is 8.65. The van der Waals surface area contributed by atoms with Crippen molar-refractivity contribution in [1.82, 2.24) is 0 Å². The molecule has 1 heterocycles. The fraction of sp³-hybridized carbons (Fsp3) is 0. The lowest BCUT2D eigenvalue weighted by molar-refractivity contribution is 1.66. The van der Waals surface area contributed by atoms with Gasteiger partial charge in [-0.25, -0.2) is 0 Å². The first-order chi connectivity index (χ1) is 5.68. The van der Waals surface area contributed by atoms with Crippen molar-refractivity contribution in [3.63, 3.8) is 0 Å². The van der Waals surface area contributed by atoms with Crippen LogP contribution in [-0.4, -0.2) is 0 Å². The summed E-state index contributed by atoms with van der Waals surface area (Å²) in [6, 6.07) is 3.95. The number of thiophene rings is 1. The second-order valence-corrected chi connectivity index (χ2v) is 5.02. The molecule has 0 saturated heterocycles. The van der Waals surface area contributed by atoms with Crippen molar-refractivity contribution in [2.24, 2.45) is 0 Å². The number of hydrogen-bond acceptors (Lipinski definition) is 3. The normalized spacial score (nSPS) is 10.8. The summed E-state index contributed by atoms with van der Waals surface area (Å²) >= 11 is 8.35. The number of thiol groups is 1. The van der Waals surface area contributed by atoms with E-state index in [2.05, 4.69) is 35.2 Å². The molecule has 0 fully saturated rings. The van der Waals surface area contributed by atoms with Gasteiger partial charge in [0.25, 0.3) is 0 Å². The average Bonchev–Trinajstić information content (AvgIpc) is 2.33. The zero-order chi connectivity index (χ0) is 8.72. The molecule has 1 aromatic heterocycles. The Labute approximate surface area is 93.5 Å². The standard InChI is InChI=1S/C8H6INS2/c9-6-2-4(10)1-5-7(11)3-12-8(5)6/h1-3,11H,10H2. The third-order valence-corrected chi connectivity index (χ3v) is 4.42. The fourth-order valence-electron chi connectivity index (χ4n) is 1.10. The number of nitrogens with two attached hydrogens (primary N) is 1. The van der Waals surface area contributed by atoms with Gasteiger partial charge in [-0.05, 0) is 34.7 Å². The van der Waals surface area contributed by atoms with Crippen LogP contribution in [0.2, 0.25) is 0 Å². The van der Waals surface area contributed by atoms with E-state index in [1.807, 2.05) is 17.5 Å². The Bertz CT molecular complexity index is 436. The number of nitrogen functional groups attached to an aromatic ring is 1. The summed E-state index contributed by atoms with van der Waals surface area (Å²) in [7, 11) is 0. The molecular weight excluding hydrogens is 301 g/mol. The highest BCUT2D eigenvalue weighted by Gasteiger charge is 2.04. The molecule has 0 aliphatic rings. The molecule has 0 spiro atoms. The summed E-state index contributed by atoms with van der Waals surface area (Å²) < 4.78 is 2.47. The topological polar surface area (TPSA) is 26.0 Å². The molecule has 1 aromatic carbocycles. The molecule has 0 radical (unpaired) electrons. The van der Waals surface area contributed by atoms with Crippen LogP contribution in [0, 0.1) is 3.57 Å². The van der Waals surface area contributed by atoms with Crippen LogP contribution in [-0.2, 0) is 0 Å². The molecule has 0 aliphatic carbocycles. The van der Waals surface area contributed by atoms with Crippen LogP contribution < -0.4 is 5.73 Å². The predicted molar refractivity (Wildman–Crippen MR) is 66.2 cm³/mol. The Morgan fingerprint density at radius 2 is 2.17 bits per heavy atom. The quantitative estimate of drug-likeness (QED) is 0.435. The van der Waals surface area contributed by atoms with Crippen LogP contribution in [0.3, 0.4) is 0 Å². The molecule has 4 heteroatoms. The van der Waals surface area contributed by atoms with E-state index in [4.69, 9.17) is 5.73 Å². The minimum absolute atomic E-state index is 0.806. The minimum atomic E-state index is 0.806. The van der Waals surface area contributed by atoms with Gasteiger partial charge < -0.3 is 5.73 Å². The first-order valence-corrected chi connectivity index (χ1v) is 5.74. The van der Waals surface area contributed by atoms with Crippen molar-refractivity contribution in [2.75, 3.05) is 5.73 Å². The van der Waals surface area contributed by atoms with E-state index in [0.717, 1.165) is 16.0 Å². The lowest BCUT2D eigenvalue weighted by Gasteiger charge is -1.97. The van der Waals surface area contributed by atoms with E-state index < -0.39 is 0 Å². The number of benzene rings is 1. The van der Waals surface area contributed by atoms with Crippen LogP contribution in [0.25, 0.3) is 10.1 Å². The summed E-state index contributed by atoms with van der Waals surface area (Å²) in [6.45, 7) is 0. The second-order valence-electron chi connectivity index (χ2n) is 2.50. The molecule has 1 nitrogen and oxygen atoms in total. The van der Waals surface area contributed by atoms with Crippen LogP contribution in [0.4, 0.5) is 5.69 Å². The van der Waals surface area contributed by atoms with E-state index in [0.29, 0.717) is 0 Å². The SMILES string of the molecule is Nc1cc(I)c2scc(S)c2c1. The third-order valence-electron chi connectivity index (χ3n) is 1.63. The fourth-order valence-corrected chi connectivity index (χ4v) is 3.37. The van der Waals surface area contributed by atoms with Crippen molar-refractivity contribution < 1.29 is 0 Å². The highest BCUT2D eigenvalue weighted by molar-refractivity contribution is 14.1. The maximum Gasteiger partial charge on any atom is 0.0489 e. The van der Waals surface area contributed by atoms with Gasteiger partial charge in [0.1, 0.15) is 0 Å². The van der Waals surface area contributed by atoms with E-state index in [1.54, 1.807) is 11.3 Å². The number of halogens is 1. The van der Waals surface area contributed by atoms with Gasteiger partial charge in [0.2, 0.25) is 0 Å². The predicted octanol–water partition coefficient (Wildman–Crippen LogP) is 3.38. The summed E-state index contributed by atoms with van der Waals surface area (Å²) in [5.74, 6) is 0. The molecule has 12 heavy (non-hydrogen) atoms. The molecule has 2 N–H and O–H groups in total. The average molecular weight is 307 g/mol. The molecule has 62 valence electrons. The van der Waals surface area contributed by atoms with Crippen molar-refractivity contribution in [3.8, 4) is 0 Å². The number of rotatable bonds is 0. The van der Waals surface area contributed by atoms with Gasteiger partial charge in [0, 0.05) is 29.6 Å². The molecule has 0 amide bonds. The highest BCUT2D eigenvalue weighted by atomic mass is 127. The Kier molecular flexibility index (Phi) is 2.22. The highest BCUT2D eigenvalue weighted by Crippen LogP contribution is 2.33. The summed E-state index contributed by atoms with van der Waals surface area (Å²) in [5.41, 5.74) is 6.52. The van der Waals surface area contributed by atoms with Crippen LogP contribution >= 0.6 is 46.6 Å². The zero-order valence-corrected chi connectivity index (χ0v) is 9.91. The van der Waals surface area contributed by atoms with E-state index in [9.17, 15) is 0 Å². The number of anilines is 1. The van der Waals surface area contributed by atoms with Gasteiger partial charge in [-0.3, -0.25) is 0 Å². The Morgan fingerprint density at radius 3 is 2.92 bits per heavy atom. The lowest BCUT2D eigenvalue weighted by atomic mass is 10.2. The largest absolute Gasteiger partial charge is 0.399 e. The van der Waals surface area contributed by atoms with Gasteiger partial charge in [-0.1, -0.05) is 0 Å². The number of hydrogen-bond donors (Lipinski definition) is 2. The Hall–Kier alpha value is 0.0600. The van der Waals surface area contributed by atoms with Crippen molar-refractivity contribution in [2.45, 2.75) is 4.90 Å². The molecule has 2 rings (SSSR count). The summed E-state index contributed by atoms with van der Waals surface area (Å²) in [5, 5.41) is 3.20. The van der Waals surface area contributed by atoms with E-state index in [-0.39, 0.29) is 0 Å². The zero-order valence-electron chi connectivity index (χ0n) is 6.04. The smallest absolute Gasteiger partial charge is 0.0489 e. The van der Waals surface area contributed by atoms with Gasteiger partial charge >= 0.3 is 0 Å². The molecule has 0 unspecified atom stereocenters. The van der Waals surface area contributed by atoms with Gasteiger partial charge in [-0.2, -0.15) is 0 Å². The van der Waals surface area contributed by atoms with Crippen LogP contribution in [0.5, 0.6) is 0 Å². The number of fused-ring (bicyclic) bond motifs is 1. The molecule has 0 saturated carbocycles. The molecule has 0 aliphatic heterocycles. The lowest BCUT2D eigenvalue weighted by Crippen LogP contribution is -1.84. The maximum atomic E-state index is 5.72. The third kappa shape index (κ3) is 1.31. The van der Waals surface area contributed by atoms with E-state index in [1.165, 1.54) is 8.27 Å². The van der Waals surface area contributed by atoms with Crippen LogP contribution in [0.1, 0.15) is 0 Å². The van der Waals surface area contributed by atoms with Crippen molar-refractivity contribution >= 4 is 62.3 Å².